The lowest BCUT2D eigenvalue weighted by Crippen LogP contribution is -2.44. The van der Waals surface area contributed by atoms with Gasteiger partial charge >= 0.3 is 0 Å². The van der Waals surface area contributed by atoms with E-state index in [1.807, 2.05) is 43.0 Å². The number of amides is 1. The van der Waals surface area contributed by atoms with Crippen molar-refractivity contribution in [1.82, 2.24) is 15.2 Å². The smallest absolute Gasteiger partial charge is 0.251 e. The molecule has 2 aliphatic rings. The van der Waals surface area contributed by atoms with Crippen molar-refractivity contribution in [3.63, 3.8) is 0 Å². The zero-order valence-electron chi connectivity index (χ0n) is 13.7. The summed E-state index contributed by atoms with van der Waals surface area (Å²) in [6.45, 7) is 5.55. The molecule has 1 aromatic heterocycles. The summed E-state index contributed by atoms with van der Waals surface area (Å²) in [5.41, 5.74) is 3.36. The molecular weight excluding hydrogens is 290 g/mol. The number of likely N-dealkylation sites (tertiary alicyclic amines) is 1. The van der Waals surface area contributed by atoms with Gasteiger partial charge in [-0.3, -0.25) is 9.59 Å². The molecule has 0 saturated carbocycles. The maximum Gasteiger partial charge on any atom is 0.251 e. The van der Waals surface area contributed by atoms with Crippen LogP contribution in [0.4, 0.5) is 0 Å². The number of allylic oxidation sites excluding steroid dienone is 2. The Labute approximate surface area is 136 Å². The van der Waals surface area contributed by atoms with Crippen molar-refractivity contribution in [1.29, 1.82) is 0 Å². The van der Waals surface area contributed by atoms with Crippen LogP contribution in [0.1, 0.15) is 36.6 Å². The minimum atomic E-state index is -0.329. The molecule has 0 bridgehead atoms. The van der Waals surface area contributed by atoms with E-state index in [-0.39, 0.29) is 17.5 Å². The van der Waals surface area contributed by atoms with E-state index in [1.165, 1.54) is 0 Å². The number of H-pyrrole nitrogens is 1. The zero-order valence-corrected chi connectivity index (χ0v) is 13.7. The molecule has 5 nitrogen and oxygen atoms in total. The van der Waals surface area contributed by atoms with Gasteiger partial charge in [-0.25, -0.2) is 0 Å². The average molecular weight is 313 g/mol. The molecular formula is C18H23N3O2. The highest BCUT2D eigenvalue weighted by molar-refractivity contribution is 5.87. The largest absolute Gasteiger partial charge is 0.370 e. The number of aromatic nitrogens is 1. The summed E-state index contributed by atoms with van der Waals surface area (Å²) in [7, 11) is 0. The second-order valence-electron chi connectivity index (χ2n) is 6.14. The Hall–Kier alpha value is -2.30. The van der Waals surface area contributed by atoms with Crippen molar-refractivity contribution in [2.75, 3.05) is 13.1 Å². The van der Waals surface area contributed by atoms with E-state index in [0.29, 0.717) is 6.42 Å². The number of aromatic amines is 1. The number of pyridine rings is 1. The summed E-state index contributed by atoms with van der Waals surface area (Å²) in [5, 5.41) is 3.32. The van der Waals surface area contributed by atoms with Gasteiger partial charge in [-0.2, -0.15) is 0 Å². The Morgan fingerprint density at radius 3 is 2.78 bits per heavy atom. The molecule has 5 heteroatoms. The summed E-state index contributed by atoms with van der Waals surface area (Å²) in [5.74, 6) is 0.127. The monoisotopic (exact) mass is 313 g/mol. The molecule has 0 radical (unpaired) electrons. The van der Waals surface area contributed by atoms with E-state index < -0.39 is 0 Å². The summed E-state index contributed by atoms with van der Waals surface area (Å²) in [6, 6.07) is 1.59. The van der Waals surface area contributed by atoms with Crippen molar-refractivity contribution in [3.8, 4) is 0 Å². The van der Waals surface area contributed by atoms with Gasteiger partial charge in [0.25, 0.3) is 5.56 Å². The molecule has 1 amide bonds. The van der Waals surface area contributed by atoms with Gasteiger partial charge in [-0.1, -0.05) is 19.1 Å². The summed E-state index contributed by atoms with van der Waals surface area (Å²) < 4.78 is 0. The Bertz CT molecular complexity index is 724. The first-order valence-electron chi connectivity index (χ1n) is 8.27. The van der Waals surface area contributed by atoms with Gasteiger partial charge in [0.1, 0.15) is 6.04 Å². The Morgan fingerprint density at radius 2 is 2.09 bits per heavy atom. The normalized spacial score (nSPS) is 20.3. The molecule has 23 heavy (non-hydrogen) atoms. The lowest BCUT2D eigenvalue weighted by atomic mass is 10.0. The van der Waals surface area contributed by atoms with Crippen molar-refractivity contribution < 1.29 is 4.79 Å². The van der Waals surface area contributed by atoms with Gasteiger partial charge in [0.2, 0.25) is 5.91 Å². The fraction of sp³-hybridized carbons (Fsp3) is 0.444. The summed E-state index contributed by atoms with van der Waals surface area (Å²) >= 11 is 0. The van der Waals surface area contributed by atoms with Crippen LogP contribution < -0.4 is 10.9 Å². The van der Waals surface area contributed by atoms with Gasteiger partial charge in [-0.15, -0.1) is 0 Å². The van der Waals surface area contributed by atoms with E-state index in [0.717, 1.165) is 48.4 Å². The number of aryl methyl sites for hydroxylation is 2. The average Bonchev–Trinajstić information content (AvgIpc) is 3.09. The van der Waals surface area contributed by atoms with Crippen molar-refractivity contribution >= 4 is 11.6 Å². The number of nitrogens with one attached hydrogen (secondary N) is 2. The van der Waals surface area contributed by atoms with E-state index in [9.17, 15) is 9.59 Å². The number of carbonyl (C=O) groups is 1. The fourth-order valence-electron chi connectivity index (χ4n) is 3.18. The van der Waals surface area contributed by atoms with Crippen LogP contribution in [-0.2, 0) is 11.2 Å². The Morgan fingerprint density at radius 1 is 1.35 bits per heavy atom. The van der Waals surface area contributed by atoms with Crippen molar-refractivity contribution in [2.45, 2.75) is 39.2 Å². The van der Waals surface area contributed by atoms with Crippen LogP contribution in [0.2, 0.25) is 0 Å². The van der Waals surface area contributed by atoms with Gasteiger partial charge in [-0.05, 0) is 38.3 Å². The van der Waals surface area contributed by atoms with Gasteiger partial charge in [0.05, 0.1) is 0 Å². The first-order valence-corrected chi connectivity index (χ1v) is 8.27. The lowest BCUT2D eigenvalue weighted by Gasteiger charge is -2.26. The van der Waals surface area contributed by atoms with Crippen molar-refractivity contribution in [3.05, 3.63) is 51.5 Å². The van der Waals surface area contributed by atoms with E-state index >= 15 is 0 Å². The fourth-order valence-corrected chi connectivity index (χ4v) is 3.18. The number of rotatable bonds is 3. The molecule has 1 unspecified atom stereocenters. The minimum Gasteiger partial charge on any atom is -0.370 e. The third-order valence-corrected chi connectivity index (χ3v) is 4.55. The third kappa shape index (κ3) is 3.09. The standard InChI is InChI=1S/C18H23N3O2/c1-3-13-11-14(12(2)19-17(13)22)15-7-6-8-16(20-15)18(23)21-9-4-5-10-21/h6-8,11,16,20H,3-5,9-10H2,1-2H3,(H,19,22). The molecule has 2 N–H and O–H groups in total. The van der Waals surface area contributed by atoms with E-state index in [2.05, 4.69) is 10.3 Å². The molecule has 122 valence electrons. The quantitative estimate of drug-likeness (QED) is 0.893. The maximum absolute atomic E-state index is 12.6. The second kappa shape index (κ2) is 6.44. The zero-order chi connectivity index (χ0) is 16.4. The van der Waals surface area contributed by atoms with Crippen LogP contribution >= 0.6 is 0 Å². The SMILES string of the molecule is CCc1cc(C2=CC=CC(C(=O)N3CCCC3)N2)c(C)[nH]c1=O. The Kier molecular flexibility index (Phi) is 4.37. The number of carbonyl (C=O) groups excluding carboxylic acids is 1. The first kappa shape index (κ1) is 15.6. The predicted octanol–water partition coefficient (Wildman–Crippen LogP) is 1.74. The van der Waals surface area contributed by atoms with Crippen LogP contribution in [0, 0.1) is 6.92 Å². The van der Waals surface area contributed by atoms with Crippen LogP contribution in [0.5, 0.6) is 0 Å². The minimum absolute atomic E-state index is 0.0367. The summed E-state index contributed by atoms with van der Waals surface area (Å²) in [4.78, 5) is 29.3. The maximum atomic E-state index is 12.6. The third-order valence-electron chi connectivity index (χ3n) is 4.55. The Balaban J connectivity index is 1.84. The van der Waals surface area contributed by atoms with Crippen LogP contribution in [0.25, 0.3) is 5.70 Å². The number of hydrogen-bond donors (Lipinski definition) is 2. The van der Waals surface area contributed by atoms with Gasteiger partial charge in [0, 0.05) is 35.6 Å². The molecule has 1 aromatic rings. The molecule has 2 aliphatic heterocycles. The van der Waals surface area contributed by atoms with Crippen LogP contribution in [0.15, 0.2) is 29.1 Å². The molecule has 1 atom stereocenters. The van der Waals surface area contributed by atoms with Crippen LogP contribution in [0.3, 0.4) is 0 Å². The molecule has 3 rings (SSSR count). The topological polar surface area (TPSA) is 65.2 Å². The highest BCUT2D eigenvalue weighted by Crippen LogP contribution is 2.20. The van der Waals surface area contributed by atoms with Crippen molar-refractivity contribution in [2.24, 2.45) is 0 Å². The molecule has 0 spiro atoms. The summed E-state index contributed by atoms with van der Waals surface area (Å²) in [6.07, 6.45) is 8.62. The second-order valence-corrected chi connectivity index (χ2v) is 6.14. The molecule has 1 fully saturated rings. The molecule has 1 saturated heterocycles. The number of nitrogens with zero attached hydrogens (tertiary/aromatic N) is 1. The molecule has 0 aliphatic carbocycles. The van der Waals surface area contributed by atoms with Crippen LogP contribution in [-0.4, -0.2) is 34.9 Å². The van der Waals surface area contributed by atoms with Gasteiger partial charge < -0.3 is 15.2 Å². The lowest BCUT2D eigenvalue weighted by molar-refractivity contribution is -0.130. The molecule has 3 heterocycles. The first-order chi connectivity index (χ1) is 11.1. The highest BCUT2D eigenvalue weighted by atomic mass is 16.2. The van der Waals surface area contributed by atoms with E-state index in [4.69, 9.17) is 0 Å². The van der Waals surface area contributed by atoms with Gasteiger partial charge in [0.15, 0.2) is 0 Å². The van der Waals surface area contributed by atoms with E-state index in [1.54, 1.807) is 0 Å². The predicted molar refractivity (Wildman–Crippen MR) is 91.0 cm³/mol. The molecule has 0 aromatic carbocycles. The highest BCUT2D eigenvalue weighted by Gasteiger charge is 2.26. The number of dihydropyridines is 1. The number of hydrogen-bond acceptors (Lipinski definition) is 3.